The molecule has 1 aromatic rings. The lowest BCUT2D eigenvalue weighted by atomic mass is 9.98. The molecule has 2 amide bonds. The minimum absolute atomic E-state index is 0.00937. The summed E-state index contributed by atoms with van der Waals surface area (Å²) in [5.41, 5.74) is 6.51. The summed E-state index contributed by atoms with van der Waals surface area (Å²) in [5, 5.41) is 5.82. The molecular weight excluding hydrogens is 306 g/mol. The molecule has 2 aliphatic rings. The number of nitrogens with two attached hydrogens (primary N) is 1. The number of aromatic nitrogens is 1. The molecule has 0 spiro atoms. The highest BCUT2D eigenvalue weighted by molar-refractivity contribution is 5.90. The van der Waals surface area contributed by atoms with Crippen molar-refractivity contribution in [1.82, 2.24) is 20.5 Å². The number of nitrogen functional groups attached to an aromatic ring is 1. The standard InChI is InChI=1S/C17H25N5O2/c1-10-15-17(10,2)6-12(22(15)14(23)9-19-3)16(24)21-8-11-4-5-13(18)20-7-11/h4-5,7,10,12,15,19H,6,8-9H2,1-3H3,(H2,18,20)(H,21,24)/t10?,12?,15?,17-/m1/s1. The van der Waals surface area contributed by atoms with Crippen LogP contribution >= 0.6 is 0 Å². The molecule has 1 saturated carbocycles. The van der Waals surface area contributed by atoms with Crippen LogP contribution in [0, 0.1) is 11.3 Å². The van der Waals surface area contributed by atoms with Gasteiger partial charge >= 0.3 is 0 Å². The van der Waals surface area contributed by atoms with E-state index in [1.165, 1.54) is 0 Å². The molecule has 0 bridgehead atoms. The van der Waals surface area contributed by atoms with E-state index < -0.39 is 6.04 Å². The first-order valence-electron chi connectivity index (χ1n) is 8.32. The molecule has 1 aromatic heterocycles. The number of hydrogen-bond acceptors (Lipinski definition) is 5. The Morgan fingerprint density at radius 1 is 1.46 bits per heavy atom. The van der Waals surface area contributed by atoms with Gasteiger partial charge in [-0.1, -0.05) is 19.9 Å². The summed E-state index contributed by atoms with van der Waals surface area (Å²) >= 11 is 0. The highest BCUT2D eigenvalue weighted by Crippen LogP contribution is 2.63. The van der Waals surface area contributed by atoms with E-state index in [-0.39, 0.29) is 29.8 Å². The third-order valence-corrected chi connectivity index (χ3v) is 5.58. The van der Waals surface area contributed by atoms with Gasteiger partial charge in [-0.25, -0.2) is 4.98 Å². The normalized spacial score (nSPS) is 30.8. The van der Waals surface area contributed by atoms with Gasteiger partial charge in [-0.15, -0.1) is 0 Å². The number of nitrogens with zero attached hydrogens (tertiary/aromatic N) is 2. The van der Waals surface area contributed by atoms with Crippen molar-refractivity contribution >= 4 is 17.6 Å². The van der Waals surface area contributed by atoms with Crippen LogP contribution in [0.15, 0.2) is 18.3 Å². The lowest BCUT2D eigenvalue weighted by molar-refractivity contribution is -0.139. The molecule has 130 valence electrons. The molecule has 3 rings (SSSR count). The van der Waals surface area contributed by atoms with Crippen LogP contribution in [0.3, 0.4) is 0 Å². The average Bonchev–Trinajstić information content (AvgIpc) is 2.92. The van der Waals surface area contributed by atoms with Gasteiger partial charge in [-0.05, 0) is 36.4 Å². The minimum atomic E-state index is -0.390. The van der Waals surface area contributed by atoms with Crippen molar-refractivity contribution in [1.29, 1.82) is 0 Å². The van der Waals surface area contributed by atoms with Crippen molar-refractivity contribution in [2.75, 3.05) is 19.3 Å². The fourth-order valence-corrected chi connectivity index (χ4v) is 3.98. The third kappa shape index (κ3) is 2.73. The number of amides is 2. The molecule has 1 aliphatic heterocycles. The van der Waals surface area contributed by atoms with Gasteiger partial charge in [0.25, 0.3) is 0 Å². The zero-order chi connectivity index (χ0) is 17.5. The van der Waals surface area contributed by atoms with Gasteiger partial charge < -0.3 is 21.3 Å². The van der Waals surface area contributed by atoms with E-state index in [0.29, 0.717) is 18.3 Å². The Morgan fingerprint density at radius 2 is 2.21 bits per heavy atom. The van der Waals surface area contributed by atoms with Gasteiger partial charge in [-0.3, -0.25) is 9.59 Å². The summed E-state index contributed by atoms with van der Waals surface area (Å²) < 4.78 is 0. The molecule has 2 fully saturated rings. The van der Waals surface area contributed by atoms with Crippen LogP contribution in [0.4, 0.5) is 5.82 Å². The SMILES string of the molecule is CNCC(=O)N1C(C(=O)NCc2ccc(N)nc2)C[C@]2(C)C(C)C12. The molecule has 2 heterocycles. The van der Waals surface area contributed by atoms with Crippen LogP contribution in [0.25, 0.3) is 0 Å². The number of carbonyl (C=O) groups is 2. The van der Waals surface area contributed by atoms with Gasteiger partial charge in [0.1, 0.15) is 11.9 Å². The van der Waals surface area contributed by atoms with E-state index in [1.807, 2.05) is 6.07 Å². The number of likely N-dealkylation sites (N-methyl/N-ethyl adjacent to an activating group) is 1. The molecule has 0 radical (unpaired) electrons. The number of piperidine rings is 1. The Balaban J connectivity index is 1.66. The fourth-order valence-electron chi connectivity index (χ4n) is 3.98. The van der Waals surface area contributed by atoms with Crippen LogP contribution in [0.2, 0.25) is 0 Å². The first kappa shape index (κ1) is 16.7. The molecule has 4 N–H and O–H groups in total. The number of fused-ring (bicyclic) bond motifs is 1. The summed E-state index contributed by atoms with van der Waals surface area (Å²) in [7, 11) is 1.74. The predicted molar refractivity (Wildman–Crippen MR) is 90.7 cm³/mol. The monoisotopic (exact) mass is 331 g/mol. The molecule has 3 unspecified atom stereocenters. The van der Waals surface area contributed by atoms with Crippen LogP contribution in [0.1, 0.15) is 25.8 Å². The van der Waals surface area contributed by atoms with E-state index in [0.717, 1.165) is 12.0 Å². The number of hydrogen-bond donors (Lipinski definition) is 3. The fraction of sp³-hybridized carbons (Fsp3) is 0.588. The van der Waals surface area contributed by atoms with Crippen molar-refractivity contribution in [3.8, 4) is 0 Å². The second-order valence-corrected chi connectivity index (χ2v) is 7.10. The van der Waals surface area contributed by atoms with Crippen LogP contribution in [-0.4, -0.2) is 47.4 Å². The van der Waals surface area contributed by atoms with E-state index >= 15 is 0 Å². The smallest absolute Gasteiger partial charge is 0.243 e. The summed E-state index contributed by atoms with van der Waals surface area (Å²) in [5.74, 6) is 0.789. The van der Waals surface area contributed by atoms with Crippen LogP contribution in [0.5, 0.6) is 0 Å². The topological polar surface area (TPSA) is 100 Å². The lowest BCUT2D eigenvalue weighted by Gasteiger charge is -2.28. The number of nitrogens with one attached hydrogen (secondary N) is 2. The first-order chi connectivity index (χ1) is 11.4. The average molecular weight is 331 g/mol. The quantitative estimate of drug-likeness (QED) is 0.712. The predicted octanol–water partition coefficient (Wildman–Crippen LogP) is 0.125. The van der Waals surface area contributed by atoms with Gasteiger partial charge in [-0.2, -0.15) is 0 Å². The number of anilines is 1. The molecular formula is C17H25N5O2. The molecule has 7 heteroatoms. The zero-order valence-corrected chi connectivity index (χ0v) is 14.4. The Hall–Kier alpha value is -2.15. The Labute approximate surface area is 142 Å². The zero-order valence-electron chi connectivity index (χ0n) is 14.4. The summed E-state index contributed by atoms with van der Waals surface area (Å²) in [6.07, 6.45) is 2.37. The maximum atomic E-state index is 12.6. The second kappa shape index (κ2) is 6.05. The Morgan fingerprint density at radius 3 is 2.83 bits per heavy atom. The van der Waals surface area contributed by atoms with E-state index in [1.54, 1.807) is 24.2 Å². The highest BCUT2D eigenvalue weighted by Gasteiger charge is 2.69. The summed E-state index contributed by atoms with van der Waals surface area (Å²) in [6, 6.07) is 3.32. The van der Waals surface area contributed by atoms with Crippen molar-refractivity contribution in [2.24, 2.45) is 11.3 Å². The third-order valence-electron chi connectivity index (χ3n) is 5.58. The molecule has 4 atom stereocenters. The largest absolute Gasteiger partial charge is 0.384 e. The number of rotatable bonds is 5. The van der Waals surface area contributed by atoms with Crippen LogP contribution in [-0.2, 0) is 16.1 Å². The summed E-state index contributed by atoms with van der Waals surface area (Å²) in [4.78, 5) is 30.9. The number of carbonyl (C=O) groups excluding carboxylic acids is 2. The van der Waals surface area contributed by atoms with E-state index in [9.17, 15) is 9.59 Å². The van der Waals surface area contributed by atoms with E-state index in [2.05, 4.69) is 29.5 Å². The number of likely N-dealkylation sites (tertiary alicyclic amines) is 1. The molecule has 1 aliphatic carbocycles. The Kier molecular flexibility index (Phi) is 4.21. The maximum Gasteiger partial charge on any atom is 0.243 e. The van der Waals surface area contributed by atoms with Crippen LogP contribution < -0.4 is 16.4 Å². The summed E-state index contributed by atoms with van der Waals surface area (Å²) in [6.45, 7) is 4.95. The van der Waals surface area contributed by atoms with Gasteiger partial charge in [0, 0.05) is 18.8 Å². The van der Waals surface area contributed by atoms with Gasteiger partial charge in [0.15, 0.2) is 0 Å². The molecule has 0 aromatic carbocycles. The second-order valence-electron chi connectivity index (χ2n) is 7.10. The molecule has 7 nitrogen and oxygen atoms in total. The highest BCUT2D eigenvalue weighted by atomic mass is 16.2. The van der Waals surface area contributed by atoms with Gasteiger partial charge in [0.2, 0.25) is 11.8 Å². The Bertz CT molecular complexity index is 647. The van der Waals surface area contributed by atoms with E-state index in [4.69, 9.17) is 5.73 Å². The number of pyridine rings is 1. The van der Waals surface area contributed by atoms with Crippen molar-refractivity contribution in [3.05, 3.63) is 23.9 Å². The molecule has 24 heavy (non-hydrogen) atoms. The first-order valence-corrected chi connectivity index (χ1v) is 8.32. The van der Waals surface area contributed by atoms with Crippen molar-refractivity contribution in [2.45, 2.75) is 38.9 Å². The van der Waals surface area contributed by atoms with Gasteiger partial charge in [0.05, 0.1) is 6.54 Å². The maximum absolute atomic E-state index is 12.6. The minimum Gasteiger partial charge on any atom is -0.384 e. The van der Waals surface area contributed by atoms with Crippen molar-refractivity contribution in [3.63, 3.8) is 0 Å². The van der Waals surface area contributed by atoms with Crippen molar-refractivity contribution < 1.29 is 9.59 Å². The molecule has 1 saturated heterocycles. The lowest BCUT2D eigenvalue weighted by Crippen LogP contribution is -2.50.